The van der Waals surface area contributed by atoms with Crippen molar-refractivity contribution in [1.29, 1.82) is 0 Å². The van der Waals surface area contributed by atoms with Crippen molar-refractivity contribution in [1.82, 2.24) is 4.90 Å². The van der Waals surface area contributed by atoms with Gasteiger partial charge in [0.05, 0.1) is 12.5 Å². The summed E-state index contributed by atoms with van der Waals surface area (Å²) in [5, 5.41) is 0. The van der Waals surface area contributed by atoms with Crippen molar-refractivity contribution in [2.24, 2.45) is 11.7 Å². The predicted octanol–water partition coefficient (Wildman–Crippen LogP) is 3.92. The van der Waals surface area contributed by atoms with Gasteiger partial charge < -0.3 is 15.2 Å². The van der Waals surface area contributed by atoms with Gasteiger partial charge in [0.2, 0.25) is 0 Å². The molecule has 2 aromatic rings. The van der Waals surface area contributed by atoms with Gasteiger partial charge in [-0.25, -0.2) is 4.79 Å². The highest BCUT2D eigenvalue weighted by Crippen LogP contribution is 2.29. The van der Waals surface area contributed by atoms with Crippen LogP contribution in [0.4, 0.5) is 4.79 Å². The highest BCUT2D eigenvalue weighted by molar-refractivity contribution is 5.74. The van der Waals surface area contributed by atoms with Crippen LogP contribution in [-0.2, 0) is 22.5 Å². The van der Waals surface area contributed by atoms with Crippen molar-refractivity contribution in [3.63, 3.8) is 0 Å². The van der Waals surface area contributed by atoms with Crippen LogP contribution >= 0.6 is 0 Å². The monoisotopic (exact) mass is 410 g/mol. The molecule has 0 spiro atoms. The highest BCUT2D eigenvalue weighted by Gasteiger charge is 2.35. The summed E-state index contributed by atoms with van der Waals surface area (Å²) in [7, 11) is 0. The molecule has 6 heteroatoms. The molecule has 0 saturated carbocycles. The third-order valence-corrected chi connectivity index (χ3v) is 5.54. The van der Waals surface area contributed by atoms with E-state index in [2.05, 4.69) is 17.0 Å². The summed E-state index contributed by atoms with van der Waals surface area (Å²) in [6.07, 6.45) is 2.95. The third-order valence-electron chi connectivity index (χ3n) is 5.54. The van der Waals surface area contributed by atoms with Crippen LogP contribution in [0.15, 0.2) is 54.6 Å². The number of amides is 1. The van der Waals surface area contributed by atoms with E-state index in [0.29, 0.717) is 18.8 Å². The summed E-state index contributed by atoms with van der Waals surface area (Å²) in [6.45, 7) is 4.01. The molecule has 30 heavy (non-hydrogen) atoms. The molecule has 0 radical (unpaired) electrons. The zero-order valence-corrected chi connectivity index (χ0v) is 17.5. The number of benzene rings is 2. The van der Waals surface area contributed by atoms with Crippen molar-refractivity contribution in [2.45, 2.75) is 45.2 Å². The number of nitrogens with zero attached hydrogens (tertiary/aromatic N) is 1. The average molecular weight is 411 g/mol. The number of rotatable bonds is 8. The van der Waals surface area contributed by atoms with Gasteiger partial charge in [-0.15, -0.1) is 0 Å². The molecule has 0 aromatic heterocycles. The Morgan fingerprint density at radius 2 is 1.80 bits per heavy atom. The maximum absolute atomic E-state index is 12.9. The summed E-state index contributed by atoms with van der Waals surface area (Å²) in [4.78, 5) is 26.3. The van der Waals surface area contributed by atoms with Crippen molar-refractivity contribution < 1.29 is 19.1 Å². The lowest BCUT2D eigenvalue weighted by Gasteiger charge is -2.39. The van der Waals surface area contributed by atoms with Gasteiger partial charge in [-0.3, -0.25) is 9.69 Å². The summed E-state index contributed by atoms with van der Waals surface area (Å²) >= 11 is 0. The second-order valence-electron chi connectivity index (χ2n) is 7.65. The van der Waals surface area contributed by atoms with E-state index in [1.807, 2.05) is 37.3 Å². The minimum Gasteiger partial charge on any atom is -0.466 e. The van der Waals surface area contributed by atoms with E-state index in [0.717, 1.165) is 37.9 Å². The number of carbonyl (C=O) groups is 2. The van der Waals surface area contributed by atoms with E-state index in [1.54, 1.807) is 12.1 Å². The molecule has 3 rings (SSSR count). The molecule has 1 aliphatic heterocycles. The minimum atomic E-state index is -0.842. The lowest BCUT2D eigenvalue weighted by molar-refractivity contribution is -0.151. The number of primary amides is 1. The molecule has 2 N–H and O–H groups in total. The molecule has 0 aliphatic carbocycles. The Balaban J connectivity index is 1.78. The molecule has 0 bridgehead atoms. The van der Waals surface area contributed by atoms with E-state index < -0.39 is 6.09 Å². The molecule has 160 valence electrons. The number of piperidine rings is 1. The van der Waals surface area contributed by atoms with E-state index in [4.69, 9.17) is 15.2 Å². The van der Waals surface area contributed by atoms with Gasteiger partial charge in [0.1, 0.15) is 5.75 Å². The van der Waals surface area contributed by atoms with Crippen LogP contribution in [0.5, 0.6) is 5.75 Å². The molecule has 2 atom stereocenters. The van der Waals surface area contributed by atoms with Crippen LogP contribution < -0.4 is 10.5 Å². The maximum Gasteiger partial charge on any atom is 0.409 e. The highest BCUT2D eigenvalue weighted by atomic mass is 16.5. The largest absolute Gasteiger partial charge is 0.466 e. The van der Waals surface area contributed by atoms with E-state index in [9.17, 15) is 9.59 Å². The topological polar surface area (TPSA) is 81.9 Å². The average Bonchev–Trinajstić information content (AvgIpc) is 2.74. The fraction of sp³-hybridized carbons (Fsp3) is 0.417. The standard InChI is InChI=1S/C24H30N2O4/c1-2-29-23(27)21(16-18-11-13-20(14-12-18)30-24(25)28)22-10-6-7-15-26(22)17-19-8-4-3-5-9-19/h3-5,8-9,11-14,21-22H,2,6-7,10,15-17H2,1H3,(H2,25,28)/t21-,22?/m0/s1. The van der Waals surface area contributed by atoms with Gasteiger partial charge in [-0.05, 0) is 56.0 Å². The second kappa shape index (κ2) is 10.8. The summed E-state index contributed by atoms with van der Waals surface area (Å²) in [5.74, 6) is -0.0147. The molecule has 1 unspecified atom stereocenters. The minimum absolute atomic E-state index is 0.125. The normalized spacial score (nSPS) is 17.8. The molecule has 2 aromatic carbocycles. The smallest absolute Gasteiger partial charge is 0.409 e. The Hall–Kier alpha value is -2.86. The van der Waals surface area contributed by atoms with Crippen LogP contribution in [0.2, 0.25) is 0 Å². The van der Waals surface area contributed by atoms with Crippen LogP contribution in [0.1, 0.15) is 37.3 Å². The number of hydrogen-bond acceptors (Lipinski definition) is 5. The first-order valence-corrected chi connectivity index (χ1v) is 10.6. The Morgan fingerprint density at radius 3 is 2.47 bits per heavy atom. The van der Waals surface area contributed by atoms with E-state index >= 15 is 0 Å². The van der Waals surface area contributed by atoms with E-state index in [-0.39, 0.29) is 17.9 Å². The molecule has 1 saturated heterocycles. The zero-order valence-electron chi connectivity index (χ0n) is 17.5. The fourth-order valence-electron chi connectivity index (χ4n) is 4.18. The molecular weight excluding hydrogens is 380 g/mol. The number of hydrogen-bond donors (Lipinski definition) is 1. The number of esters is 1. The molecular formula is C24H30N2O4. The first-order chi connectivity index (χ1) is 14.6. The molecule has 1 amide bonds. The number of nitrogens with two attached hydrogens (primary N) is 1. The summed E-state index contributed by atoms with van der Waals surface area (Å²) in [6, 6.07) is 17.6. The molecule has 6 nitrogen and oxygen atoms in total. The van der Waals surface area contributed by atoms with Crippen molar-refractivity contribution >= 4 is 12.1 Å². The second-order valence-corrected chi connectivity index (χ2v) is 7.65. The molecule has 1 aliphatic rings. The first-order valence-electron chi connectivity index (χ1n) is 10.6. The van der Waals surface area contributed by atoms with Gasteiger partial charge in [-0.2, -0.15) is 0 Å². The van der Waals surface area contributed by atoms with Crippen molar-refractivity contribution in [2.75, 3.05) is 13.2 Å². The number of ether oxygens (including phenoxy) is 2. The predicted molar refractivity (Wildman–Crippen MR) is 115 cm³/mol. The molecule has 1 heterocycles. The van der Waals surface area contributed by atoms with Gasteiger partial charge in [0.15, 0.2) is 0 Å². The summed E-state index contributed by atoms with van der Waals surface area (Å²) in [5.41, 5.74) is 7.31. The third kappa shape index (κ3) is 6.07. The quantitative estimate of drug-likeness (QED) is 0.667. The van der Waals surface area contributed by atoms with Crippen LogP contribution in [-0.4, -0.2) is 36.2 Å². The van der Waals surface area contributed by atoms with Crippen LogP contribution in [0, 0.1) is 5.92 Å². The van der Waals surface area contributed by atoms with Gasteiger partial charge in [0, 0.05) is 12.6 Å². The van der Waals surface area contributed by atoms with Gasteiger partial charge in [-0.1, -0.05) is 48.9 Å². The fourth-order valence-corrected chi connectivity index (χ4v) is 4.18. The maximum atomic E-state index is 12.9. The number of likely N-dealkylation sites (tertiary alicyclic amines) is 1. The van der Waals surface area contributed by atoms with Crippen LogP contribution in [0.3, 0.4) is 0 Å². The van der Waals surface area contributed by atoms with Crippen LogP contribution in [0.25, 0.3) is 0 Å². The van der Waals surface area contributed by atoms with Gasteiger partial charge >= 0.3 is 12.1 Å². The molecule has 1 fully saturated rings. The Morgan fingerprint density at radius 1 is 1.07 bits per heavy atom. The van der Waals surface area contributed by atoms with Crippen molar-refractivity contribution in [3.8, 4) is 5.75 Å². The number of carbonyl (C=O) groups excluding carboxylic acids is 2. The Labute approximate surface area is 178 Å². The lowest BCUT2D eigenvalue weighted by atomic mass is 9.85. The Kier molecular flexibility index (Phi) is 7.85. The van der Waals surface area contributed by atoms with Crippen molar-refractivity contribution in [3.05, 3.63) is 65.7 Å². The summed E-state index contributed by atoms with van der Waals surface area (Å²) < 4.78 is 10.4. The first kappa shape index (κ1) is 21.8. The van der Waals surface area contributed by atoms with E-state index in [1.165, 1.54) is 5.56 Å². The Bertz CT molecular complexity index is 823. The lowest BCUT2D eigenvalue weighted by Crippen LogP contribution is -2.47. The zero-order chi connectivity index (χ0) is 21.3. The van der Waals surface area contributed by atoms with Gasteiger partial charge in [0.25, 0.3) is 0 Å². The SMILES string of the molecule is CCOC(=O)[C@@H](Cc1ccc(OC(N)=O)cc1)C1CCCCN1Cc1ccccc1.